The quantitative estimate of drug-likeness (QED) is 0.249. The van der Waals surface area contributed by atoms with Gasteiger partial charge >= 0.3 is 0 Å². The molecule has 0 radical (unpaired) electrons. The lowest BCUT2D eigenvalue weighted by atomic mass is 10.1. The van der Waals surface area contributed by atoms with E-state index in [1.807, 2.05) is 76.5 Å². The maximum absolute atomic E-state index is 13.7. The van der Waals surface area contributed by atoms with Gasteiger partial charge in [0, 0.05) is 43.2 Å². The van der Waals surface area contributed by atoms with Crippen LogP contribution < -0.4 is 4.90 Å². The number of para-hydroxylation sites is 1. The smallest absolute Gasteiger partial charge is 0.265 e. The van der Waals surface area contributed by atoms with Crippen molar-refractivity contribution in [1.82, 2.24) is 9.80 Å². The molecule has 0 N–H and O–H groups in total. The van der Waals surface area contributed by atoms with E-state index in [4.69, 9.17) is 0 Å². The molecule has 6 heteroatoms. The van der Waals surface area contributed by atoms with Crippen LogP contribution in [0.5, 0.6) is 0 Å². The van der Waals surface area contributed by atoms with E-state index in [1.54, 1.807) is 0 Å². The number of thioether (sulfide) groups is 1. The van der Waals surface area contributed by atoms with Crippen molar-refractivity contribution < 1.29 is 9.59 Å². The SMILES string of the molecule is Cc1ccccc1CN1C(=O)/C(=C\c2ccc(C(=O)N3CCN(Cc4ccccc4)CC3)cc2)Sc2ccccc21. The Labute approximate surface area is 246 Å². The molecule has 1 saturated heterocycles. The van der Waals surface area contributed by atoms with E-state index in [9.17, 15) is 9.59 Å². The van der Waals surface area contributed by atoms with Crippen molar-refractivity contribution in [2.45, 2.75) is 24.9 Å². The molecule has 0 bridgehead atoms. The Balaban J connectivity index is 1.14. The summed E-state index contributed by atoms with van der Waals surface area (Å²) in [6.07, 6.45) is 1.93. The lowest BCUT2D eigenvalue weighted by Crippen LogP contribution is -2.48. The summed E-state index contributed by atoms with van der Waals surface area (Å²) in [5.41, 5.74) is 6.12. The van der Waals surface area contributed by atoms with E-state index in [2.05, 4.69) is 54.3 Å². The third-order valence-corrected chi connectivity index (χ3v) is 8.86. The lowest BCUT2D eigenvalue weighted by molar-refractivity contribution is -0.114. The number of piperazine rings is 1. The minimum Gasteiger partial charge on any atom is -0.336 e. The summed E-state index contributed by atoms with van der Waals surface area (Å²) in [7, 11) is 0. The Kier molecular flexibility index (Phi) is 8.03. The first-order chi connectivity index (χ1) is 20.0. The summed E-state index contributed by atoms with van der Waals surface area (Å²) in [5.74, 6) is 0.0514. The summed E-state index contributed by atoms with van der Waals surface area (Å²) in [4.78, 5) is 34.9. The summed E-state index contributed by atoms with van der Waals surface area (Å²) in [6, 6.07) is 34.3. The predicted octanol–water partition coefficient (Wildman–Crippen LogP) is 6.63. The number of aryl methyl sites for hydroxylation is 1. The fraction of sp³-hybridized carbons (Fsp3) is 0.200. The molecule has 0 aromatic heterocycles. The average molecular weight is 560 g/mol. The van der Waals surface area contributed by atoms with Gasteiger partial charge in [-0.3, -0.25) is 14.5 Å². The minimum atomic E-state index is -0.00882. The largest absolute Gasteiger partial charge is 0.336 e. The van der Waals surface area contributed by atoms with Crippen molar-refractivity contribution >= 4 is 35.3 Å². The number of fused-ring (bicyclic) bond motifs is 1. The maximum Gasteiger partial charge on any atom is 0.265 e. The van der Waals surface area contributed by atoms with Crippen LogP contribution in [0.1, 0.15) is 32.6 Å². The van der Waals surface area contributed by atoms with Gasteiger partial charge in [-0.1, -0.05) is 90.6 Å². The third kappa shape index (κ3) is 6.14. The number of hydrogen-bond donors (Lipinski definition) is 0. The second-order valence-electron chi connectivity index (χ2n) is 10.6. The van der Waals surface area contributed by atoms with Gasteiger partial charge in [0.25, 0.3) is 11.8 Å². The highest BCUT2D eigenvalue weighted by molar-refractivity contribution is 8.04. The Hall–Kier alpha value is -4.13. The molecule has 0 saturated carbocycles. The zero-order valence-electron chi connectivity index (χ0n) is 23.2. The second kappa shape index (κ2) is 12.2. The van der Waals surface area contributed by atoms with Gasteiger partial charge in [0.15, 0.2) is 0 Å². The average Bonchev–Trinajstić information content (AvgIpc) is 3.01. The van der Waals surface area contributed by atoms with E-state index in [-0.39, 0.29) is 11.8 Å². The maximum atomic E-state index is 13.7. The second-order valence-corrected chi connectivity index (χ2v) is 11.7. The van der Waals surface area contributed by atoms with Crippen molar-refractivity contribution in [3.63, 3.8) is 0 Å². The van der Waals surface area contributed by atoms with Gasteiger partial charge in [-0.15, -0.1) is 0 Å². The molecule has 206 valence electrons. The van der Waals surface area contributed by atoms with E-state index in [1.165, 1.54) is 22.9 Å². The topological polar surface area (TPSA) is 43.9 Å². The number of carbonyl (C=O) groups is 2. The molecule has 0 atom stereocenters. The number of amides is 2. The van der Waals surface area contributed by atoms with Crippen LogP contribution in [0.4, 0.5) is 5.69 Å². The zero-order valence-corrected chi connectivity index (χ0v) is 24.0. The van der Waals surface area contributed by atoms with Gasteiger partial charge in [0.2, 0.25) is 0 Å². The van der Waals surface area contributed by atoms with Crippen molar-refractivity contribution in [2.75, 3.05) is 31.1 Å². The number of carbonyl (C=O) groups excluding carboxylic acids is 2. The monoisotopic (exact) mass is 559 g/mol. The molecule has 0 spiro atoms. The molecule has 2 amide bonds. The van der Waals surface area contributed by atoms with Crippen LogP contribution in [0.2, 0.25) is 0 Å². The molecular formula is C35H33N3O2S. The molecule has 1 fully saturated rings. The van der Waals surface area contributed by atoms with Gasteiger partial charge in [-0.2, -0.15) is 0 Å². The fourth-order valence-electron chi connectivity index (χ4n) is 5.38. The van der Waals surface area contributed by atoms with E-state index in [0.29, 0.717) is 17.0 Å². The van der Waals surface area contributed by atoms with E-state index in [0.717, 1.165) is 54.4 Å². The summed E-state index contributed by atoms with van der Waals surface area (Å²) in [5, 5.41) is 0. The standard InChI is InChI=1S/C35H33N3O2S/c1-26-9-5-6-12-30(26)25-38-31-13-7-8-14-32(31)41-33(35(38)40)23-27-15-17-29(18-16-27)34(39)37-21-19-36(20-22-37)24-28-10-3-2-4-11-28/h2-18,23H,19-22,24-25H2,1H3/b33-23+. The summed E-state index contributed by atoms with van der Waals surface area (Å²) >= 11 is 1.50. The molecule has 6 rings (SSSR count). The van der Waals surface area contributed by atoms with Gasteiger partial charge in [0.1, 0.15) is 0 Å². The molecule has 0 aliphatic carbocycles. The predicted molar refractivity (Wildman–Crippen MR) is 167 cm³/mol. The molecule has 4 aromatic carbocycles. The van der Waals surface area contributed by atoms with Crippen molar-refractivity contribution in [2.24, 2.45) is 0 Å². The van der Waals surface area contributed by atoms with Crippen molar-refractivity contribution in [3.8, 4) is 0 Å². The first-order valence-electron chi connectivity index (χ1n) is 14.1. The van der Waals surface area contributed by atoms with Crippen LogP contribution in [0, 0.1) is 6.92 Å². The first-order valence-corrected chi connectivity index (χ1v) is 14.9. The highest BCUT2D eigenvalue weighted by atomic mass is 32.2. The number of rotatable bonds is 6. The number of benzene rings is 4. The Morgan fingerprint density at radius 1 is 0.780 bits per heavy atom. The molecule has 4 aromatic rings. The number of anilines is 1. The first kappa shape index (κ1) is 27.1. The summed E-state index contributed by atoms with van der Waals surface area (Å²) < 4.78 is 0. The fourth-order valence-corrected chi connectivity index (χ4v) is 6.44. The highest BCUT2D eigenvalue weighted by Crippen LogP contribution is 2.42. The lowest BCUT2D eigenvalue weighted by Gasteiger charge is -2.34. The van der Waals surface area contributed by atoms with Crippen LogP contribution in [-0.2, 0) is 17.9 Å². The molecule has 2 aliphatic heterocycles. The third-order valence-electron chi connectivity index (χ3n) is 7.79. The molecule has 2 heterocycles. The van der Waals surface area contributed by atoms with Gasteiger partial charge in [-0.25, -0.2) is 0 Å². The van der Waals surface area contributed by atoms with Crippen molar-refractivity contribution in [1.29, 1.82) is 0 Å². The van der Waals surface area contributed by atoms with Crippen LogP contribution >= 0.6 is 11.8 Å². The molecule has 0 unspecified atom stereocenters. The highest BCUT2D eigenvalue weighted by Gasteiger charge is 2.29. The normalized spacial score (nSPS) is 16.6. The van der Waals surface area contributed by atoms with Crippen LogP contribution in [0.15, 0.2) is 113 Å². The van der Waals surface area contributed by atoms with Gasteiger partial charge in [-0.05, 0) is 59.5 Å². The van der Waals surface area contributed by atoms with Crippen LogP contribution in [0.25, 0.3) is 6.08 Å². The van der Waals surface area contributed by atoms with Crippen LogP contribution in [-0.4, -0.2) is 47.8 Å². The summed E-state index contributed by atoms with van der Waals surface area (Å²) in [6.45, 7) is 6.68. The van der Waals surface area contributed by atoms with Crippen molar-refractivity contribution in [3.05, 3.63) is 136 Å². The minimum absolute atomic E-state index is 0.00882. The molecule has 2 aliphatic rings. The molecule has 5 nitrogen and oxygen atoms in total. The molecular weight excluding hydrogens is 526 g/mol. The Morgan fingerprint density at radius 2 is 1.46 bits per heavy atom. The zero-order chi connectivity index (χ0) is 28.2. The molecule has 41 heavy (non-hydrogen) atoms. The van der Waals surface area contributed by atoms with Crippen LogP contribution in [0.3, 0.4) is 0 Å². The van der Waals surface area contributed by atoms with E-state index >= 15 is 0 Å². The Bertz CT molecular complexity index is 1570. The van der Waals surface area contributed by atoms with E-state index < -0.39 is 0 Å². The number of hydrogen-bond acceptors (Lipinski definition) is 4. The Morgan fingerprint density at radius 3 is 2.22 bits per heavy atom. The van der Waals surface area contributed by atoms with Gasteiger partial charge < -0.3 is 9.80 Å². The number of nitrogens with zero attached hydrogens (tertiary/aromatic N) is 3. The van der Waals surface area contributed by atoms with Gasteiger partial charge in [0.05, 0.1) is 17.1 Å².